The van der Waals surface area contributed by atoms with Gasteiger partial charge in [-0.15, -0.1) is 0 Å². The number of hydrogen-bond acceptors (Lipinski definition) is 7. The maximum Gasteiger partial charge on any atom is 0.308 e. The molecule has 0 saturated heterocycles. The van der Waals surface area contributed by atoms with Crippen LogP contribution in [0.1, 0.15) is 53.5 Å². The van der Waals surface area contributed by atoms with E-state index in [2.05, 4.69) is 10.6 Å². The molecule has 1 heterocycles. The number of hydrogen-bond donors (Lipinski definition) is 3. The average Bonchev–Trinajstić information content (AvgIpc) is 2.83. The zero-order chi connectivity index (χ0) is 30.4. The van der Waals surface area contributed by atoms with Crippen LogP contribution in [-0.2, 0) is 19.1 Å². The lowest BCUT2D eigenvalue weighted by Crippen LogP contribution is -2.50. The summed E-state index contributed by atoms with van der Waals surface area (Å²) in [5.74, 6) is -10.8. The molecule has 1 aromatic carbocycles. The number of amides is 2. The largest absolute Gasteiger partial charge is 0.485 e. The molecule has 14 heteroatoms. The van der Waals surface area contributed by atoms with Crippen LogP contribution in [0.4, 0.5) is 23.2 Å². The Hall–Kier alpha value is -3.94. The third-order valence-electron chi connectivity index (χ3n) is 5.38. The van der Waals surface area contributed by atoms with Crippen molar-refractivity contribution in [2.24, 2.45) is 0 Å². The predicted octanol–water partition coefficient (Wildman–Crippen LogP) is 2.97. The van der Waals surface area contributed by atoms with E-state index in [1.807, 2.05) is 0 Å². The number of halogens is 4. The van der Waals surface area contributed by atoms with E-state index in [4.69, 9.17) is 9.47 Å². The van der Waals surface area contributed by atoms with E-state index in [9.17, 15) is 41.8 Å². The lowest BCUT2D eigenvalue weighted by Gasteiger charge is -2.28. The molecule has 220 valence electrons. The first-order valence-electron chi connectivity index (χ1n) is 12.2. The fraction of sp³-hybridized carbons (Fsp3) is 0.462. The number of aliphatic hydroxyl groups is 1. The molecule has 0 spiro atoms. The van der Waals surface area contributed by atoms with Crippen LogP contribution in [0.5, 0.6) is 5.75 Å². The van der Waals surface area contributed by atoms with E-state index >= 15 is 0 Å². The summed E-state index contributed by atoms with van der Waals surface area (Å²) in [7, 11) is 0. The number of nitrogens with one attached hydrogen (secondary N) is 2. The Morgan fingerprint density at radius 1 is 1.10 bits per heavy atom. The summed E-state index contributed by atoms with van der Waals surface area (Å²) in [5.41, 5.74) is -1.74. The van der Waals surface area contributed by atoms with Gasteiger partial charge < -0.3 is 29.8 Å². The zero-order valence-corrected chi connectivity index (χ0v) is 22.5. The molecule has 0 radical (unpaired) electrons. The van der Waals surface area contributed by atoms with E-state index < -0.39 is 89.2 Å². The lowest BCUT2D eigenvalue weighted by molar-refractivity contribution is -0.156. The molecule has 1 aromatic heterocycles. The summed E-state index contributed by atoms with van der Waals surface area (Å²) < 4.78 is 66.1. The first kappa shape index (κ1) is 32.3. The monoisotopic (exact) mass is 573 g/mol. The Balaban J connectivity index is 2.34. The number of aromatic nitrogens is 1. The lowest BCUT2D eigenvalue weighted by atomic mass is 10.1. The highest BCUT2D eigenvalue weighted by atomic mass is 19.2. The molecule has 0 bridgehead atoms. The van der Waals surface area contributed by atoms with Gasteiger partial charge in [-0.05, 0) is 39.3 Å². The van der Waals surface area contributed by atoms with Crippen LogP contribution < -0.4 is 20.9 Å². The van der Waals surface area contributed by atoms with Crippen LogP contribution in [-0.4, -0.2) is 51.8 Å². The zero-order valence-electron chi connectivity index (χ0n) is 22.5. The summed E-state index contributed by atoms with van der Waals surface area (Å²) in [6.45, 7) is 6.49. The van der Waals surface area contributed by atoms with Crippen molar-refractivity contribution in [2.45, 2.75) is 71.2 Å². The molecule has 2 amide bonds. The van der Waals surface area contributed by atoms with E-state index in [-0.39, 0.29) is 18.2 Å². The second-order valence-electron chi connectivity index (χ2n) is 9.82. The van der Waals surface area contributed by atoms with Gasteiger partial charge in [0.15, 0.2) is 17.4 Å². The molecule has 40 heavy (non-hydrogen) atoms. The molecule has 0 aliphatic carbocycles. The number of carbonyl (C=O) groups excluding carboxylic acids is 3. The SMILES string of the molecule is CCC(C(=O)NC(CC(=O)OC(C)(C)C)C(O)COc1c(F)c(F)cc(F)c1F)n1cccc(NC(C)=O)c1=O. The molecular formula is C26H31F4N3O7. The Morgan fingerprint density at radius 2 is 1.70 bits per heavy atom. The Labute approximate surface area is 227 Å². The third-order valence-corrected chi connectivity index (χ3v) is 5.38. The van der Waals surface area contributed by atoms with Crippen LogP contribution in [0.15, 0.2) is 29.2 Å². The highest BCUT2D eigenvalue weighted by Gasteiger charge is 2.31. The second-order valence-corrected chi connectivity index (χ2v) is 9.82. The van der Waals surface area contributed by atoms with Crippen molar-refractivity contribution in [1.29, 1.82) is 0 Å². The molecule has 2 aromatic rings. The number of ether oxygens (including phenoxy) is 2. The van der Waals surface area contributed by atoms with Crippen LogP contribution >= 0.6 is 0 Å². The number of aliphatic hydroxyl groups excluding tert-OH is 1. The maximum absolute atomic E-state index is 14.0. The number of nitrogens with zero attached hydrogens (tertiary/aromatic N) is 1. The summed E-state index contributed by atoms with van der Waals surface area (Å²) in [4.78, 5) is 50.0. The van der Waals surface area contributed by atoms with Crippen LogP contribution in [0.3, 0.4) is 0 Å². The first-order valence-corrected chi connectivity index (χ1v) is 12.2. The maximum atomic E-state index is 14.0. The predicted molar refractivity (Wildman–Crippen MR) is 135 cm³/mol. The number of benzene rings is 1. The van der Waals surface area contributed by atoms with Gasteiger partial charge in [-0.2, -0.15) is 8.78 Å². The van der Waals surface area contributed by atoms with Gasteiger partial charge in [0, 0.05) is 19.2 Å². The van der Waals surface area contributed by atoms with Crippen LogP contribution in [0.25, 0.3) is 0 Å². The third kappa shape index (κ3) is 8.53. The van der Waals surface area contributed by atoms with E-state index in [1.165, 1.54) is 25.3 Å². The topological polar surface area (TPSA) is 136 Å². The summed E-state index contributed by atoms with van der Waals surface area (Å²) >= 11 is 0. The van der Waals surface area contributed by atoms with Crippen molar-refractivity contribution in [3.63, 3.8) is 0 Å². The van der Waals surface area contributed by atoms with Gasteiger partial charge in [-0.3, -0.25) is 19.2 Å². The van der Waals surface area contributed by atoms with Gasteiger partial charge in [-0.25, -0.2) is 8.78 Å². The number of esters is 1. The molecule has 3 N–H and O–H groups in total. The van der Waals surface area contributed by atoms with Gasteiger partial charge in [0.25, 0.3) is 5.56 Å². The molecule has 0 fully saturated rings. The number of anilines is 1. The number of rotatable bonds is 11. The van der Waals surface area contributed by atoms with E-state index in [0.29, 0.717) is 0 Å². The highest BCUT2D eigenvalue weighted by Crippen LogP contribution is 2.27. The molecular weight excluding hydrogens is 542 g/mol. The molecule has 3 atom stereocenters. The first-order chi connectivity index (χ1) is 18.5. The quantitative estimate of drug-likeness (QED) is 0.214. The van der Waals surface area contributed by atoms with Crippen molar-refractivity contribution in [1.82, 2.24) is 9.88 Å². The van der Waals surface area contributed by atoms with Gasteiger partial charge in [0.1, 0.15) is 30.0 Å². The Kier molecular flexibility index (Phi) is 10.8. The fourth-order valence-electron chi connectivity index (χ4n) is 3.64. The van der Waals surface area contributed by atoms with Gasteiger partial charge in [0.2, 0.25) is 23.4 Å². The van der Waals surface area contributed by atoms with Gasteiger partial charge in [-0.1, -0.05) is 6.92 Å². The summed E-state index contributed by atoms with van der Waals surface area (Å²) in [5, 5.41) is 15.5. The fourth-order valence-corrected chi connectivity index (χ4v) is 3.64. The molecule has 3 unspecified atom stereocenters. The van der Waals surface area contributed by atoms with Crippen molar-refractivity contribution >= 4 is 23.5 Å². The van der Waals surface area contributed by atoms with Crippen molar-refractivity contribution < 1.29 is 46.5 Å². The molecule has 0 saturated carbocycles. The smallest absolute Gasteiger partial charge is 0.308 e. The Bertz CT molecular complexity index is 1280. The minimum absolute atomic E-state index is 0.0206. The van der Waals surface area contributed by atoms with Gasteiger partial charge in [0.05, 0.1) is 12.5 Å². The van der Waals surface area contributed by atoms with Crippen molar-refractivity contribution in [3.8, 4) is 5.75 Å². The standard InChI is InChI=1S/C26H31F4N3O7/c1-6-18(33-9-7-8-16(25(33)38)31-13(2)34)24(37)32-17(11-20(36)40-26(3,4)5)19(35)12-39-23-21(29)14(27)10-15(28)22(23)30/h7-10,17-19,35H,6,11-12H2,1-5H3,(H,31,34)(H,32,37). The number of carbonyl (C=O) groups is 3. The highest BCUT2D eigenvalue weighted by molar-refractivity contribution is 5.88. The Morgan fingerprint density at radius 3 is 2.23 bits per heavy atom. The normalized spacial score (nSPS) is 13.7. The minimum atomic E-state index is -1.85. The molecule has 10 nitrogen and oxygen atoms in total. The van der Waals surface area contributed by atoms with Gasteiger partial charge >= 0.3 is 5.97 Å². The average molecular weight is 574 g/mol. The molecule has 2 rings (SSSR count). The van der Waals surface area contributed by atoms with Crippen molar-refractivity contribution in [3.05, 3.63) is 58.0 Å². The number of pyridine rings is 1. The van der Waals surface area contributed by atoms with Crippen LogP contribution in [0, 0.1) is 23.3 Å². The van der Waals surface area contributed by atoms with E-state index in [0.717, 1.165) is 4.57 Å². The molecule has 0 aliphatic rings. The van der Waals surface area contributed by atoms with Crippen LogP contribution in [0.2, 0.25) is 0 Å². The van der Waals surface area contributed by atoms with Crippen molar-refractivity contribution in [2.75, 3.05) is 11.9 Å². The minimum Gasteiger partial charge on any atom is -0.485 e. The summed E-state index contributed by atoms with van der Waals surface area (Å²) in [6, 6.07) is 0.0701. The molecule has 0 aliphatic heterocycles. The van der Waals surface area contributed by atoms with E-state index in [1.54, 1.807) is 27.7 Å². The summed E-state index contributed by atoms with van der Waals surface area (Å²) in [6.07, 6.45) is -1.14. The second kappa shape index (κ2) is 13.4.